The molecule has 1 saturated heterocycles. The quantitative estimate of drug-likeness (QED) is 0.677. The SMILES string of the molecule is CCc1c(C)[nH]c2c1C(=O)C(CN1CCOCC1)CC2.O=C(O)C(O)c1ccccc1. The van der Waals surface area contributed by atoms with Gasteiger partial charge in [0.05, 0.1) is 13.2 Å². The number of H-pyrrole nitrogens is 1. The number of benzene rings is 1. The van der Waals surface area contributed by atoms with Gasteiger partial charge in [0.15, 0.2) is 11.9 Å². The highest BCUT2D eigenvalue weighted by Crippen LogP contribution is 2.30. The molecule has 1 aromatic carbocycles. The van der Waals surface area contributed by atoms with Crippen LogP contribution in [0, 0.1) is 12.8 Å². The van der Waals surface area contributed by atoms with E-state index in [0.29, 0.717) is 11.3 Å². The number of aliphatic hydroxyl groups excluding tert-OH is 1. The smallest absolute Gasteiger partial charge is 0.337 e. The Kier molecular flexibility index (Phi) is 8.01. The summed E-state index contributed by atoms with van der Waals surface area (Å²) in [6.07, 6.45) is 1.52. The van der Waals surface area contributed by atoms with E-state index in [2.05, 4.69) is 23.7 Å². The number of nitrogens with one attached hydrogen (secondary N) is 1. The molecule has 1 aliphatic heterocycles. The zero-order valence-corrected chi connectivity index (χ0v) is 18.3. The first-order valence-corrected chi connectivity index (χ1v) is 10.9. The number of carbonyl (C=O) groups is 2. The summed E-state index contributed by atoms with van der Waals surface area (Å²) in [5, 5.41) is 17.4. The highest BCUT2D eigenvalue weighted by Gasteiger charge is 2.32. The summed E-state index contributed by atoms with van der Waals surface area (Å²) < 4.78 is 5.38. The number of carbonyl (C=O) groups excluding carboxylic acids is 1. The van der Waals surface area contributed by atoms with Crippen molar-refractivity contribution in [1.29, 1.82) is 0 Å². The van der Waals surface area contributed by atoms with Crippen molar-refractivity contribution in [2.45, 2.75) is 39.2 Å². The number of ether oxygens (including phenoxy) is 1. The number of aliphatic carboxylic acids is 1. The number of carboxylic acid groups (broad SMARTS) is 1. The van der Waals surface area contributed by atoms with Crippen molar-refractivity contribution in [3.8, 4) is 0 Å². The van der Waals surface area contributed by atoms with Crippen molar-refractivity contribution in [3.05, 3.63) is 58.4 Å². The van der Waals surface area contributed by atoms with E-state index < -0.39 is 12.1 Å². The van der Waals surface area contributed by atoms with E-state index in [4.69, 9.17) is 14.9 Å². The van der Waals surface area contributed by atoms with Crippen LogP contribution < -0.4 is 0 Å². The highest BCUT2D eigenvalue weighted by atomic mass is 16.5. The second kappa shape index (κ2) is 10.7. The van der Waals surface area contributed by atoms with E-state index >= 15 is 0 Å². The average Bonchev–Trinajstić information content (AvgIpc) is 3.12. The van der Waals surface area contributed by atoms with Gasteiger partial charge in [-0.05, 0) is 37.3 Å². The van der Waals surface area contributed by atoms with E-state index in [1.165, 1.54) is 17.0 Å². The Morgan fingerprint density at radius 2 is 1.94 bits per heavy atom. The van der Waals surface area contributed by atoms with Gasteiger partial charge in [-0.2, -0.15) is 0 Å². The van der Waals surface area contributed by atoms with Crippen LogP contribution in [-0.2, 0) is 22.4 Å². The van der Waals surface area contributed by atoms with Crippen LogP contribution in [0.2, 0.25) is 0 Å². The van der Waals surface area contributed by atoms with Crippen LogP contribution in [-0.4, -0.2) is 64.7 Å². The zero-order valence-electron chi connectivity index (χ0n) is 18.3. The molecule has 0 radical (unpaired) electrons. The number of morpholine rings is 1. The molecule has 168 valence electrons. The average molecular weight is 429 g/mol. The number of nitrogens with zero attached hydrogens (tertiary/aromatic N) is 1. The normalized spacial score (nSPS) is 19.8. The number of aromatic amines is 1. The van der Waals surface area contributed by atoms with Gasteiger partial charge in [-0.25, -0.2) is 4.79 Å². The third kappa shape index (κ3) is 5.61. The van der Waals surface area contributed by atoms with Crippen molar-refractivity contribution in [1.82, 2.24) is 9.88 Å². The lowest BCUT2D eigenvalue weighted by atomic mass is 9.83. The number of rotatable bonds is 5. The Morgan fingerprint density at radius 1 is 1.26 bits per heavy atom. The van der Waals surface area contributed by atoms with Crippen LogP contribution in [0.3, 0.4) is 0 Å². The van der Waals surface area contributed by atoms with Gasteiger partial charge in [-0.15, -0.1) is 0 Å². The van der Waals surface area contributed by atoms with E-state index in [1.54, 1.807) is 30.3 Å². The van der Waals surface area contributed by atoms with Crippen molar-refractivity contribution in [3.63, 3.8) is 0 Å². The number of aryl methyl sites for hydroxylation is 2. The molecule has 4 rings (SSSR count). The Hall–Kier alpha value is -2.48. The van der Waals surface area contributed by atoms with Gasteiger partial charge in [0.2, 0.25) is 0 Å². The van der Waals surface area contributed by atoms with Gasteiger partial charge in [0.25, 0.3) is 0 Å². The lowest BCUT2D eigenvalue weighted by Crippen LogP contribution is -2.42. The number of aromatic nitrogens is 1. The predicted molar refractivity (Wildman–Crippen MR) is 117 cm³/mol. The van der Waals surface area contributed by atoms with Crippen molar-refractivity contribution in [2.24, 2.45) is 5.92 Å². The van der Waals surface area contributed by atoms with Crippen LogP contribution in [0.15, 0.2) is 30.3 Å². The third-order valence-corrected chi connectivity index (χ3v) is 6.04. The Bertz CT molecular complexity index is 887. The summed E-state index contributed by atoms with van der Waals surface area (Å²) in [6, 6.07) is 8.26. The largest absolute Gasteiger partial charge is 0.479 e. The molecule has 2 atom stereocenters. The molecular formula is C24H32N2O5. The standard InChI is InChI=1S/C16H24N2O2.C8H8O3/c1-3-13-11(2)17-14-5-4-12(16(19)15(13)14)10-18-6-8-20-9-7-18;9-7(8(10)11)6-4-2-1-3-5-6/h12,17H,3-10H2,1-2H3;1-5,7,9H,(H,10,11). The first-order valence-electron chi connectivity index (χ1n) is 10.9. The molecule has 0 spiro atoms. The lowest BCUT2D eigenvalue weighted by Gasteiger charge is -2.31. The number of aliphatic hydroxyl groups is 1. The van der Waals surface area contributed by atoms with Gasteiger partial charge in [0, 0.05) is 42.5 Å². The third-order valence-electron chi connectivity index (χ3n) is 6.04. The topological polar surface area (TPSA) is 103 Å². The number of Topliss-reactive ketones (excluding diaryl/α,β-unsaturated/α-hetero) is 1. The maximum absolute atomic E-state index is 12.8. The molecule has 7 nitrogen and oxygen atoms in total. The first-order chi connectivity index (χ1) is 14.9. The molecule has 2 aromatic rings. The molecule has 1 aromatic heterocycles. The zero-order chi connectivity index (χ0) is 22.4. The fraction of sp³-hybridized carbons (Fsp3) is 0.500. The molecule has 0 saturated carbocycles. The van der Waals surface area contributed by atoms with Gasteiger partial charge >= 0.3 is 5.97 Å². The number of hydrogen-bond donors (Lipinski definition) is 3. The number of ketones is 1. The number of carboxylic acids is 1. The summed E-state index contributed by atoms with van der Waals surface area (Å²) >= 11 is 0. The minimum absolute atomic E-state index is 0.168. The Labute approximate surface area is 183 Å². The molecular weight excluding hydrogens is 396 g/mol. The lowest BCUT2D eigenvalue weighted by molar-refractivity contribution is -0.146. The van der Waals surface area contributed by atoms with Crippen LogP contribution in [0.5, 0.6) is 0 Å². The Morgan fingerprint density at radius 3 is 2.55 bits per heavy atom. The van der Waals surface area contributed by atoms with Gasteiger partial charge in [0.1, 0.15) is 0 Å². The summed E-state index contributed by atoms with van der Waals surface area (Å²) in [6.45, 7) is 8.64. The van der Waals surface area contributed by atoms with Gasteiger partial charge in [-0.3, -0.25) is 9.69 Å². The maximum Gasteiger partial charge on any atom is 0.337 e. The van der Waals surface area contributed by atoms with Crippen LogP contribution >= 0.6 is 0 Å². The fourth-order valence-corrected chi connectivity index (χ4v) is 4.36. The molecule has 31 heavy (non-hydrogen) atoms. The number of hydrogen-bond acceptors (Lipinski definition) is 5. The van der Waals surface area contributed by atoms with E-state index in [9.17, 15) is 9.59 Å². The van der Waals surface area contributed by atoms with Crippen LogP contribution in [0.1, 0.15) is 52.3 Å². The van der Waals surface area contributed by atoms with Crippen LogP contribution in [0.25, 0.3) is 0 Å². The van der Waals surface area contributed by atoms with Crippen LogP contribution in [0.4, 0.5) is 0 Å². The molecule has 7 heteroatoms. The highest BCUT2D eigenvalue weighted by molar-refractivity contribution is 6.01. The Balaban J connectivity index is 0.000000210. The van der Waals surface area contributed by atoms with Gasteiger partial charge in [-0.1, -0.05) is 37.3 Å². The summed E-state index contributed by atoms with van der Waals surface area (Å²) in [5.41, 5.74) is 4.99. The summed E-state index contributed by atoms with van der Waals surface area (Å²) in [5.74, 6) is -0.698. The maximum atomic E-state index is 12.8. The van der Waals surface area contributed by atoms with Crippen molar-refractivity contribution in [2.75, 3.05) is 32.8 Å². The van der Waals surface area contributed by atoms with E-state index in [0.717, 1.165) is 57.7 Å². The molecule has 1 fully saturated rings. The predicted octanol–water partition coefficient (Wildman–Crippen LogP) is 2.77. The number of fused-ring (bicyclic) bond motifs is 1. The molecule has 2 heterocycles. The monoisotopic (exact) mass is 428 g/mol. The van der Waals surface area contributed by atoms with Crippen molar-refractivity contribution < 1.29 is 24.5 Å². The van der Waals surface area contributed by atoms with Gasteiger partial charge < -0.3 is 19.9 Å². The van der Waals surface area contributed by atoms with E-state index in [1.807, 2.05) is 0 Å². The second-order valence-electron chi connectivity index (χ2n) is 8.10. The van der Waals surface area contributed by atoms with E-state index in [-0.39, 0.29) is 5.92 Å². The molecule has 1 aliphatic carbocycles. The summed E-state index contributed by atoms with van der Waals surface area (Å²) in [4.78, 5) is 28.8. The molecule has 0 bridgehead atoms. The fourth-order valence-electron chi connectivity index (χ4n) is 4.36. The first kappa shape index (κ1) is 23.2. The molecule has 2 aliphatic rings. The minimum Gasteiger partial charge on any atom is -0.479 e. The summed E-state index contributed by atoms with van der Waals surface area (Å²) in [7, 11) is 0. The molecule has 3 N–H and O–H groups in total. The molecule has 2 unspecified atom stereocenters. The molecule has 0 amide bonds. The minimum atomic E-state index is -1.41. The second-order valence-corrected chi connectivity index (χ2v) is 8.10. The van der Waals surface area contributed by atoms with Crippen molar-refractivity contribution >= 4 is 11.8 Å².